The summed E-state index contributed by atoms with van der Waals surface area (Å²) in [6.07, 6.45) is 0. The summed E-state index contributed by atoms with van der Waals surface area (Å²) in [6.45, 7) is 5.61. The van der Waals surface area contributed by atoms with Crippen LogP contribution in [0.3, 0.4) is 0 Å². The van der Waals surface area contributed by atoms with Crippen molar-refractivity contribution in [2.75, 3.05) is 6.61 Å². The molecule has 2 aromatic rings. The number of rotatable bonds is 5. The molecule has 0 saturated heterocycles. The van der Waals surface area contributed by atoms with E-state index >= 15 is 0 Å². The number of carbonyl (C=O) groups excluding carboxylic acids is 1. The first-order valence-electron chi connectivity index (χ1n) is 6.33. The molecule has 0 N–H and O–H groups in total. The van der Waals surface area contributed by atoms with Crippen LogP contribution in [0.15, 0.2) is 28.8 Å². The van der Waals surface area contributed by atoms with Gasteiger partial charge in [-0.1, -0.05) is 22.9 Å². The van der Waals surface area contributed by atoms with E-state index in [-0.39, 0.29) is 13.2 Å². The Morgan fingerprint density at radius 1 is 1.20 bits per heavy atom. The van der Waals surface area contributed by atoms with Crippen molar-refractivity contribution >= 4 is 5.97 Å². The van der Waals surface area contributed by atoms with Gasteiger partial charge in [0.1, 0.15) is 18.1 Å². The summed E-state index contributed by atoms with van der Waals surface area (Å²) in [4.78, 5) is 11.6. The van der Waals surface area contributed by atoms with E-state index in [1.54, 1.807) is 6.92 Å². The zero-order chi connectivity index (χ0) is 14.5. The highest BCUT2D eigenvalue weighted by Crippen LogP contribution is 2.14. The van der Waals surface area contributed by atoms with Crippen molar-refractivity contribution in [1.82, 2.24) is 5.16 Å². The number of nitrogens with zero attached hydrogens (tertiary/aromatic N) is 1. The van der Waals surface area contributed by atoms with Gasteiger partial charge < -0.3 is 14.0 Å². The molecule has 2 rings (SSSR count). The van der Waals surface area contributed by atoms with Gasteiger partial charge in [0.15, 0.2) is 6.61 Å². The second-order valence-corrected chi connectivity index (χ2v) is 4.57. The predicted molar refractivity (Wildman–Crippen MR) is 72.4 cm³/mol. The topological polar surface area (TPSA) is 61.6 Å². The van der Waals surface area contributed by atoms with E-state index in [2.05, 4.69) is 5.16 Å². The Labute approximate surface area is 117 Å². The van der Waals surface area contributed by atoms with E-state index in [1.165, 1.54) is 0 Å². The molecule has 20 heavy (non-hydrogen) atoms. The number of esters is 1. The summed E-state index contributed by atoms with van der Waals surface area (Å²) in [5.41, 5.74) is 2.67. The number of hydrogen-bond donors (Lipinski definition) is 0. The number of benzene rings is 1. The standard InChI is InChI=1S/C15H17NO4/c1-10-4-6-13(7-5-10)18-9-15(17)19-8-14-11(2)16-20-12(14)3/h4-7H,8-9H2,1-3H3. The Balaban J connectivity index is 1.80. The largest absolute Gasteiger partial charge is 0.482 e. The highest BCUT2D eigenvalue weighted by atomic mass is 16.6. The molecule has 0 spiro atoms. The Morgan fingerprint density at radius 2 is 1.90 bits per heavy atom. The van der Waals surface area contributed by atoms with E-state index in [0.717, 1.165) is 16.8 Å². The first-order chi connectivity index (χ1) is 9.56. The molecule has 0 saturated carbocycles. The van der Waals surface area contributed by atoms with Crippen molar-refractivity contribution in [3.8, 4) is 5.75 Å². The third-order valence-electron chi connectivity index (χ3n) is 2.94. The van der Waals surface area contributed by atoms with Crippen LogP contribution in [0.2, 0.25) is 0 Å². The summed E-state index contributed by atoms with van der Waals surface area (Å²) in [6, 6.07) is 7.48. The molecule has 0 aliphatic rings. The minimum atomic E-state index is -0.425. The third kappa shape index (κ3) is 3.60. The van der Waals surface area contributed by atoms with E-state index in [9.17, 15) is 4.79 Å². The normalized spacial score (nSPS) is 10.3. The predicted octanol–water partition coefficient (Wildman–Crippen LogP) is 2.72. The summed E-state index contributed by atoms with van der Waals surface area (Å²) in [5, 5.41) is 3.80. The molecule has 106 valence electrons. The van der Waals surface area contributed by atoms with Crippen molar-refractivity contribution < 1.29 is 18.8 Å². The molecule has 0 radical (unpaired) electrons. The van der Waals surface area contributed by atoms with Crippen molar-refractivity contribution in [3.63, 3.8) is 0 Å². The first-order valence-corrected chi connectivity index (χ1v) is 6.33. The fraction of sp³-hybridized carbons (Fsp3) is 0.333. The first kappa shape index (κ1) is 14.1. The molecule has 5 heteroatoms. The number of aryl methyl sites for hydroxylation is 3. The molecule has 0 aliphatic heterocycles. The van der Waals surface area contributed by atoms with Crippen LogP contribution >= 0.6 is 0 Å². The zero-order valence-electron chi connectivity index (χ0n) is 11.8. The van der Waals surface area contributed by atoms with Crippen LogP contribution in [0.4, 0.5) is 0 Å². The summed E-state index contributed by atoms with van der Waals surface area (Å²) < 4.78 is 15.5. The Hall–Kier alpha value is -2.30. The maximum absolute atomic E-state index is 11.6. The lowest BCUT2D eigenvalue weighted by Gasteiger charge is -2.07. The fourth-order valence-electron chi connectivity index (χ4n) is 1.68. The van der Waals surface area contributed by atoms with E-state index in [0.29, 0.717) is 11.5 Å². The molecule has 0 aliphatic carbocycles. The van der Waals surface area contributed by atoms with Gasteiger partial charge in [-0.05, 0) is 32.9 Å². The average molecular weight is 275 g/mol. The molecule has 0 bridgehead atoms. The van der Waals surface area contributed by atoms with Crippen molar-refractivity contribution in [2.45, 2.75) is 27.4 Å². The molecule has 0 atom stereocenters. The van der Waals surface area contributed by atoms with E-state index < -0.39 is 5.97 Å². The zero-order valence-corrected chi connectivity index (χ0v) is 11.8. The average Bonchev–Trinajstić information content (AvgIpc) is 2.75. The van der Waals surface area contributed by atoms with Crippen LogP contribution in [0.25, 0.3) is 0 Å². The molecule has 1 heterocycles. The molecule has 0 amide bonds. The van der Waals surface area contributed by atoms with E-state index in [1.807, 2.05) is 38.1 Å². The Morgan fingerprint density at radius 3 is 2.50 bits per heavy atom. The molecular formula is C15H17NO4. The lowest BCUT2D eigenvalue weighted by atomic mass is 10.2. The van der Waals surface area contributed by atoms with Gasteiger partial charge in [-0.25, -0.2) is 4.79 Å². The highest BCUT2D eigenvalue weighted by molar-refractivity contribution is 5.71. The number of ether oxygens (including phenoxy) is 2. The number of carbonyl (C=O) groups is 1. The van der Waals surface area contributed by atoms with Gasteiger partial charge in [0, 0.05) is 0 Å². The highest BCUT2D eigenvalue weighted by Gasteiger charge is 2.12. The number of aromatic nitrogens is 1. The van der Waals surface area contributed by atoms with Gasteiger partial charge in [-0.3, -0.25) is 0 Å². The van der Waals surface area contributed by atoms with Gasteiger partial charge >= 0.3 is 5.97 Å². The second kappa shape index (κ2) is 6.23. The van der Waals surface area contributed by atoms with Crippen molar-refractivity contribution in [1.29, 1.82) is 0 Å². The van der Waals surface area contributed by atoms with Gasteiger partial charge in [-0.15, -0.1) is 0 Å². The minimum Gasteiger partial charge on any atom is -0.482 e. The van der Waals surface area contributed by atoms with E-state index in [4.69, 9.17) is 14.0 Å². The van der Waals surface area contributed by atoms with Crippen LogP contribution < -0.4 is 4.74 Å². The molecule has 0 unspecified atom stereocenters. The SMILES string of the molecule is Cc1ccc(OCC(=O)OCc2c(C)noc2C)cc1. The van der Waals surface area contributed by atoms with Crippen LogP contribution in [0.5, 0.6) is 5.75 Å². The van der Waals surface area contributed by atoms with Gasteiger partial charge in [0.05, 0.1) is 11.3 Å². The smallest absolute Gasteiger partial charge is 0.344 e. The molecule has 0 fully saturated rings. The lowest BCUT2D eigenvalue weighted by molar-refractivity contribution is -0.147. The van der Waals surface area contributed by atoms with Crippen LogP contribution in [0.1, 0.15) is 22.6 Å². The quantitative estimate of drug-likeness (QED) is 0.785. The summed E-state index contributed by atoms with van der Waals surface area (Å²) in [5.74, 6) is 0.880. The van der Waals surface area contributed by atoms with Crippen LogP contribution in [-0.2, 0) is 16.1 Å². The fourth-order valence-corrected chi connectivity index (χ4v) is 1.68. The summed E-state index contributed by atoms with van der Waals surface area (Å²) >= 11 is 0. The van der Waals surface area contributed by atoms with Crippen LogP contribution in [-0.4, -0.2) is 17.7 Å². The monoisotopic (exact) mass is 275 g/mol. The number of hydrogen-bond acceptors (Lipinski definition) is 5. The second-order valence-electron chi connectivity index (χ2n) is 4.57. The Kier molecular flexibility index (Phi) is 4.40. The maximum atomic E-state index is 11.6. The van der Waals surface area contributed by atoms with Crippen LogP contribution in [0, 0.1) is 20.8 Å². The molecule has 1 aromatic heterocycles. The Bertz CT molecular complexity index is 567. The minimum absolute atomic E-state index is 0.119. The molecular weight excluding hydrogens is 258 g/mol. The molecule has 5 nitrogen and oxygen atoms in total. The lowest BCUT2D eigenvalue weighted by Crippen LogP contribution is -2.15. The molecule has 1 aromatic carbocycles. The van der Waals surface area contributed by atoms with Gasteiger partial charge in [0.25, 0.3) is 0 Å². The summed E-state index contributed by atoms with van der Waals surface area (Å²) in [7, 11) is 0. The van der Waals surface area contributed by atoms with Gasteiger partial charge in [-0.2, -0.15) is 0 Å². The van der Waals surface area contributed by atoms with Crippen molar-refractivity contribution in [3.05, 3.63) is 46.8 Å². The third-order valence-corrected chi connectivity index (χ3v) is 2.94. The van der Waals surface area contributed by atoms with Crippen molar-refractivity contribution in [2.24, 2.45) is 0 Å². The van der Waals surface area contributed by atoms with Gasteiger partial charge in [0.2, 0.25) is 0 Å². The maximum Gasteiger partial charge on any atom is 0.344 e.